The molecule has 8 heteroatoms. The van der Waals surface area contributed by atoms with Crippen molar-refractivity contribution in [3.8, 4) is 0 Å². The van der Waals surface area contributed by atoms with Gasteiger partial charge in [0, 0.05) is 17.5 Å². The van der Waals surface area contributed by atoms with Crippen LogP contribution in [0.2, 0.25) is 0 Å². The van der Waals surface area contributed by atoms with Crippen molar-refractivity contribution < 1.29 is 27.8 Å². The number of anilines is 1. The van der Waals surface area contributed by atoms with Crippen LogP contribution < -0.4 is 10.2 Å². The molecule has 1 heterocycles. The van der Waals surface area contributed by atoms with E-state index in [0.29, 0.717) is 11.4 Å². The van der Waals surface area contributed by atoms with E-state index in [4.69, 9.17) is 9.47 Å². The molecule has 0 bridgehead atoms. The molecule has 0 aliphatic carbocycles. The van der Waals surface area contributed by atoms with Crippen LogP contribution in [-0.4, -0.2) is 25.2 Å². The summed E-state index contributed by atoms with van der Waals surface area (Å²) in [5.41, 5.74) is 0.127. The zero-order valence-electron chi connectivity index (χ0n) is 15.0. The molecule has 26 heavy (non-hydrogen) atoms. The van der Waals surface area contributed by atoms with E-state index in [9.17, 15) is 18.4 Å². The fourth-order valence-corrected chi connectivity index (χ4v) is 2.63. The minimum Gasteiger partial charge on any atom is -0.461 e. The molecule has 0 saturated heterocycles. The number of hydrogen-bond donors (Lipinski definition) is 1. The second-order valence-electron chi connectivity index (χ2n) is 5.44. The van der Waals surface area contributed by atoms with Gasteiger partial charge in [-0.3, -0.25) is 4.90 Å². The third-order valence-electron chi connectivity index (χ3n) is 3.62. The summed E-state index contributed by atoms with van der Waals surface area (Å²) in [5, 5.41) is 2.89. The normalized spacial score (nSPS) is 14.3. The number of halogens is 2. The quantitative estimate of drug-likeness (QED) is 0.808. The maximum Gasteiger partial charge on any atom is 0.357 e. The average Bonchev–Trinajstić information content (AvgIpc) is 2.56. The molecule has 1 N–H and O–H groups in total. The smallest absolute Gasteiger partial charge is 0.357 e. The van der Waals surface area contributed by atoms with E-state index in [1.807, 2.05) is 0 Å². The SMILES string of the molecule is CCOC(=O)C1=C(C)NC(C)=C(C(=O)OCC)N1c1cc(F)ccc1F. The van der Waals surface area contributed by atoms with Crippen LogP contribution in [-0.2, 0) is 19.1 Å². The molecule has 0 radical (unpaired) electrons. The Morgan fingerprint density at radius 3 is 1.96 bits per heavy atom. The second-order valence-corrected chi connectivity index (χ2v) is 5.44. The van der Waals surface area contributed by atoms with Crippen LogP contribution in [0.4, 0.5) is 14.5 Å². The first kappa shape index (κ1) is 19.4. The van der Waals surface area contributed by atoms with E-state index in [2.05, 4.69) is 5.32 Å². The topological polar surface area (TPSA) is 67.9 Å². The average molecular weight is 366 g/mol. The van der Waals surface area contributed by atoms with E-state index in [1.165, 1.54) is 0 Å². The van der Waals surface area contributed by atoms with Gasteiger partial charge in [0.15, 0.2) is 11.4 Å². The Balaban J connectivity index is 2.71. The lowest BCUT2D eigenvalue weighted by molar-refractivity contribution is -0.139. The minimum atomic E-state index is -0.808. The van der Waals surface area contributed by atoms with Crippen molar-refractivity contribution >= 4 is 17.6 Å². The highest BCUT2D eigenvalue weighted by Crippen LogP contribution is 2.34. The van der Waals surface area contributed by atoms with E-state index < -0.39 is 23.6 Å². The number of nitrogens with one attached hydrogen (secondary N) is 1. The van der Waals surface area contributed by atoms with Crippen molar-refractivity contribution in [1.82, 2.24) is 5.32 Å². The van der Waals surface area contributed by atoms with Crippen molar-refractivity contribution in [3.05, 3.63) is 52.6 Å². The Kier molecular flexibility index (Phi) is 5.97. The molecule has 0 amide bonds. The van der Waals surface area contributed by atoms with Crippen molar-refractivity contribution in [3.63, 3.8) is 0 Å². The van der Waals surface area contributed by atoms with E-state index >= 15 is 0 Å². The largest absolute Gasteiger partial charge is 0.461 e. The van der Waals surface area contributed by atoms with Crippen LogP contribution in [0.15, 0.2) is 41.0 Å². The summed E-state index contributed by atoms with van der Waals surface area (Å²) in [6, 6.07) is 2.77. The molecule has 0 spiro atoms. The molecule has 1 aliphatic heterocycles. The number of ether oxygens (including phenoxy) is 2. The van der Waals surface area contributed by atoms with Crippen molar-refractivity contribution in [2.75, 3.05) is 18.1 Å². The molecular formula is C18H20F2N2O4. The lowest BCUT2D eigenvalue weighted by Crippen LogP contribution is -2.41. The van der Waals surface area contributed by atoms with Gasteiger partial charge in [0.05, 0.1) is 18.9 Å². The van der Waals surface area contributed by atoms with Gasteiger partial charge in [0.25, 0.3) is 0 Å². The van der Waals surface area contributed by atoms with Gasteiger partial charge in [0.1, 0.15) is 11.6 Å². The maximum atomic E-state index is 14.5. The van der Waals surface area contributed by atoms with Gasteiger partial charge in [-0.1, -0.05) is 0 Å². The highest BCUT2D eigenvalue weighted by atomic mass is 19.1. The molecule has 0 fully saturated rings. The molecule has 0 aromatic heterocycles. The number of carbonyl (C=O) groups excluding carboxylic acids is 2. The molecule has 1 aromatic carbocycles. The Morgan fingerprint density at radius 1 is 1.00 bits per heavy atom. The molecule has 0 atom stereocenters. The van der Waals surface area contributed by atoms with Crippen molar-refractivity contribution in [2.24, 2.45) is 0 Å². The molecule has 1 aliphatic rings. The zero-order valence-corrected chi connectivity index (χ0v) is 15.0. The van der Waals surface area contributed by atoms with Gasteiger partial charge in [-0.2, -0.15) is 0 Å². The first-order chi connectivity index (χ1) is 12.3. The molecule has 1 aromatic rings. The summed E-state index contributed by atoms with van der Waals surface area (Å²) in [6.07, 6.45) is 0. The molecule has 140 valence electrons. The van der Waals surface area contributed by atoms with Crippen LogP contribution in [0.1, 0.15) is 27.7 Å². The van der Waals surface area contributed by atoms with E-state index in [-0.39, 0.29) is 30.3 Å². The predicted molar refractivity (Wildman–Crippen MR) is 90.6 cm³/mol. The van der Waals surface area contributed by atoms with Crippen LogP contribution >= 0.6 is 0 Å². The molecule has 2 rings (SSSR count). The number of hydrogen-bond acceptors (Lipinski definition) is 6. The third kappa shape index (κ3) is 3.68. The zero-order chi connectivity index (χ0) is 19.4. The summed E-state index contributed by atoms with van der Waals surface area (Å²) >= 11 is 0. The Labute approximate surface area is 150 Å². The summed E-state index contributed by atoms with van der Waals surface area (Å²) in [6.45, 7) is 6.53. The number of esters is 2. The lowest BCUT2D eigenvalue weighted by atomic mass is 10.1. The second kappa shape index (κ2) is 7.99. The van der Waals surface area contributed by atoms with Gasteiger partial charge >= 0.3 is 11.9 Å². The molecular weight excluding hydrogens is 346 g/mol. The highest BCUT2D eigenvalue weighted by molar-refractivity contribution is 6.03. The van der Waals surface area contributed by atoms with Gasteiger partial charge < -0.3 is 14.8 Å². The first-order valence-electron chi connectivity index (χ1n) is 8.09. The van der Waals surface area contributed by atoms with Crippen molar-refractivity contribution in [2.45, 2.75) is 27.7 Å². The van der Waals surface area contributed by atoms with Crippen LogP contribution in [0.25, 0.3) is 0 Å². The number of allylic oxidation sites excluding steroid dienone is 2. The first-order valence-corrected chi connectivity index (χ1v) is 8.09. The van der Waals surface area contributed by atoms with Crippen molar-refractivity contribution in [1.29, 1.82) is 0 Å². The van der Waals surface area contributed by atoms with Crippen LogP contribution in [0.5, 0.6) is 0 Å². The Morgan fingerprint density at radius 2 is 1.50 bits per heavy atom. The van der Waals surface area contributed by atoms with E-state index in [1.54, 1.807) is 27.7 Å². The van der Waals surface area contributed by atoms with Gasteiger partial charge in [-0.05, 0) is 39.8 Å². The van der Waals surface area contributed by atoms with Gasteiger partial charge in [0.2, 0.25) is 0 Å². The number of rotatable bonds is 5. The fourth-order valence-electron chi connectivity index (χ4n) is 2.63. The van der Waals surface area contributed by atoms with Crippen LogP contribution in [0, 0.1) is 11.6 Å². The third-order valence-corrected chi connectivity index (χ3v) is 3.62. The minimum absolute atomic E-state index is 0.0759. The number of nitrogens with zero attached hydrogens (tertiary/aromatic N) is 1. The summed E-state index contributed by atoms with van der Waals surface area (Å²) < 4.78 is 38.3. The summed E-state index contributed by atoms with van der Waals surface area (Å²) in [7, 11) is 0. The molecule has 6 nitrogen and oxygen atoms in total. The monoisotopic (exact) mass is 366 g/mol. The number of carbonyl (C=O) groups is 2. The van der Waals surface area contributed by atoms with E-state index in [0.717, 1.165) is 23.1 Å². The predicted octanol–water partition coefficient (Wildman–Crippen LogP) is 2.96. The Hall–Kier alpha value is -2.90. The maximum absolute atomic E-state index is 14.5. The molecule has 0 unspecified atom stereocenters. The standard InChI is InChI=1S/C18H20F2N2O4/c1-5-25-17(23)15-10(3)21-11(4)16(18(24)26-6-2)22(15)14-9-12(19)7-8-13(14)20/h7-9,21H,5-6H2,1-4H3. The highest BCUT2D eigenvalue weighted by Gasteiger charge is 2.36. The lowest BCUT2D eigenvalue weighted by Gasteiger charge is -2.34. The number of benzene rings is 1. The van der Waals surface area contributed by atoms with Gasteiger partial charge in [-0.25, -0.2) is 18.4 Å². The fraction of sp³-hybridized carbons (Fsp3) is 0.333. The molecule has 0 saturated carbocycles. The summed E-state index contributed by atoms with van der Waals surface area (Å²) in [5.74, 6) is -3.09. The summed E-state index contributed by atoms with van der Waals surface area (Å²) in [4.78, 5) is 26.0. The van der Waals surface area contributed by atoms with Gasteiger partial charge in [-0.15, -0.1) is 0 Å². The Bertz CT molecular complexity index is 762. The van der Waals surface area contributed by atoms with Crippen LogP contribution in [0.3, 0.4) is 0 Å².